The van der Waals surface area contributed by atoms with E-state index in [0.29, 0.717) is 23.3 Å². The van der Waals surface area contributed by atoms with Crippen LogP contribution in [-0.4, -0.2) is 47.4 Å². The lowest BCUT2D eigenvalue weighted by molar-refractivity contribution is 0.0542. The Morgan fingerprint density at radius 1 is 1.38 bits per heavy atom. The molecule has 4 N–H and O–H groups in total. The second-order valence-electron chi connectivity index (χ2n) is 6.35. The summed E-state index contributed by atoms with van der Waals surface area (Å²) >= 11 is 0. The minimum atomic E-state index is -0.429. The van der Waals surface area contributed by atoms with E-state index >= 15 is 0 Å². The number of nitrogens with zero attached hydrogens (tertiary/aromatic N) is 2. The van der Waals surface area contributed by atoms with Gasteiger partial charge in [-0.1, -0.05) is 6.07 Å². The van der Waals surface area contributed by atoms with Crippen LogP contribution in [0.1, 0.15) is 35.7 Å². The topological polar surface area (TPSA) is 75.6 Å². The minimum Gasteiger partial charge on any atom is -0.398 e. The molecule has 21 heavy (non-hydrogen) atoms. The van der Waals surface area contributed by atoms with Gasteiger partial charge >= 0.3 is 0 Å². The van der Waals surface area contributed by atoms with Crippen molar-refractivity contribution in [3.8, 4) is 0 Å². The third-order valence-electron chi connectivity index (χ3n) is 4.87. The van der Waals surface area contributed by atoms with Crippen LogP contribution in [0.15, 0.2) is 18.2 Å². The van der Waals surface area contributed by atoms with E-state index in [1.165, 1.54) is 19.4 Å². The average Bonchev–Trinajstić information content (AvgIpc) is 2.88. The molecule has 0 aromatic heterocycles. The largest absolute Gasteiger partial charge is 0.398 e. The Labute approximate surface area is 125 Å². The normalized spacial score (nSPS) is 26.7. The fourth-order valence-electron chi connectivity index (χ4n) is 3.58. The number of hydrogen-bond donors (Lipinski definition) is 2. The first-order valence-corrected chi connectivity index (χ1v) is 7.71. The summed E-state index contributed by atoms with van der Waals surface area (Å²) in [5.74, 6) is -0.429. The number of hydrogen-bond acceptors (Lipinski definition) is 4. The van der Waals surface area contributed by atoms with Crippen LogP contribution in [0.4, 0.5) is 5.69 Å². The van der Waals surface area contributed by atoms with E-state index in [4.69, 9.17) is 11.5 Å². The van der Waals surface area contributed by atoms with Gasteiger partial charge in [0.15, 0.2) is 0 Å². The Hall–Kier alpha value is -1.59. The third-order valence-corrected chi connectivity index (χ3v) is 4.87. The number of piperazine rings is 1. The average molecular weight is 288 g/mol. The van der Waals surface area contributed by atoms with Gasteiger partial charge < -0.3 is 11.5 Å². The maximum absolute atomic E-state index is 11.2. The first kappa shape index (κ1) is 14.4. The molecular formula is C16H24N4O. The molecule has 2 aliphatic rings. The number of anilines is 1. The highest BCUT2D eigenvalue weighted by atomic mass is 16.1. The van der Waals surface area contributed by atoms with Crippen molar-refractivity contribution < 1.29 is 4.79 Å². The lowest BCUT2D eigenvalue weighted by Gasteiger charge is -2.42. The molecule has 1 aromatic rings. The van der Waals surface area contributed by atoms with Crippen molar-refractivity contribution in [2.75, 3.05) is 25.4 Å². The zero-order chi connectivity index (χ0) is 15.0. The Bertz CT molecular complexity index is 545. The van der Waals surface area contributed by atoms with Crippen molar-refractivity contribution in [2.45, 2.75) is 38.4 Å². The fraction of sp³-hybridized carbons (Fsp3) is 0.562. The molecule has 0 bridgehead atoms. The number of rotatable bonds is 3. The zero-order valence-corrected chi connectivity index (χ0v) is 12.6. The molecule has 2 aliphatic heterocycles. The lowest BCUT2D eigenvalue weighted by atomic mass is 10.0. The molecule has 1 amide bonds. The maximum atomic E-state index is 11.2. The smallest absolute Gasteiger partial charge is 0.248 e. The van der Waals surface area contributed by atoms with Crippen molar-refractivity contribution in [1.29, 1.82) is 0 Å². The van der Waals surface area contributed by atoms with Gasteiger partial charge in [-0.05, 0) is 44.0 Å². The fourth-order valence-corrected chi connectivity index (χ4v) is 3.58. The number of nitrogen functional groups attached to an aromatic ring is 1. The molecule has 2 saturated heterocycles. The molecule has 2 fully saturated rings. The SMILES string of the molecule is CC1CN2CCCC2CN1Cc1ccc(C(N)=O)cc1N. The molecule has 2 atom stereocenters. The molecule has 5 nitrogen and oxygen atoms in total. The van der Waals surface area contributed by atoms with Crippen LogP contribution in [0.5, 0.6) is 0 Å². The van der Waals surface area contributed by atoms with Crippen molar-refractivity contribution in [3.63, 3.8) is 0 Å². The van der Waals surface area contributed by atoms with Gasteiger partial charge in [0.2, 0.25) is 5.91 Å². The first-order chi connectivity index (χ1) is 10.0. The third kappa shape index (κ3) is 2.89. The van der Waals surface area contributed by atoms with Gasteiger partial charge in [0.05, 0.1) is 0 Å². The zero-order valence-electron chi connectivity index (χ0n) is 12.6. The summed E-state index contributed by atoms with van der Waals surface area (Å²) < 4.78 is 0. The minimum absolute atomic E-state index is 0.429. The molecule has 1 aromatic carbocycles. The molecule has 0 spiro atoms. The van der Waals surface area contributed by atoms with E-state index in [-0.39, 0.29) is 0 Å². The predicted octanol–water partition coefficient (Wildman–Crippen LogP) is 1.04. The summed E-state index contributed by atoms with van der Waals surface area (Å²) in [7, 11) is 0. The van der Waals surface area contributed by atoms with Crippen molar-refractivity contribution in [3.05, 3.63) is 29.3 Å². The number of amides is 1. The van der Waals surface area contributed by atoms with Gasteiger partial charge in [-0.2, -0.15) is 0 Å². The quantitative estimate of drug-likeness (QED) is 0.815. The van der Waals surface area contributed by atoms with Gasteiger partial charge in [-0.15, -0.1) is 0 Å². The molecule has 2 unspecified atom stereocenters. The molecule has 2 heterocycles. The highest BCUT2D eigenvalue weighted by Crippen LogP contribution is 2.26. The van der Waals surface area contributed by atoms with Gasteiger partial charge in [-0.3, -0.25) is 14.6 Å². The Kier molecular flexibility index (Phi) is 3.87. The highest BCUT2D eigenvalue weighted by Gasteiger charge is 2.34. The summed E-state index contributed by atoms with van der Waals surface area (Å²) in [5, 5.41) is 0. The summed E-state index contributed by atoms with van der Waals surface area (Å²) in [5.41, 5.74) is 13.6. The standard InChI is InChI=1S/C16H24N4O/c1-11-8-19-6-2-3-14(19)10-20(11)9-13-5-4-12(16(18)21)7-15(13)17/h4-5,7,11,14H,2-3,6,8-10,17H2,1H3,(H2,18,21). The molecular weight excluding hydrogens is 264 g/mol. The van der Waals surface area contributed by atoms with E-state index in [1.807, 2.05) is 6.07 Å². The molecule has 5 heteroatoms. The number of fused-ring (bicyclic) bond motifs is 1. The number of primary amides is 1. The van der Waals surface area contributed by atoms with Crippen molar-refractivity contribution in [2.24, 2.45) is 5.73 Å². The molecule has 0 aliphatic carbocycles. The Balaban J connectivity index is 1.72. The van der Waals surface area contributed by atoms with Crippen LogP contribution in [0.25, 0.3) is 0 Å². The number of carbonyl (C=O) groups excluding carboxylic acids is 1. The van der Waals surface area contributed by atoms with E-state index in [9.17, 15) is 4.79 Å². The van der Waals surface area contributed by atoms with Crippen LogP contribution in [0, 0.1) is 0 Å². The van der Waals surface area contributed by atoms with Crippen LogP contribution in [-0.2, 0) is 6.54 Å². The lowest BCUT2D eigenvalue weighted by Crippen LogP contribution is -2.54. The number of nitrogens with two attached hydrogens (primary N) is 2. The van der Waals surface area contributed by atoms with Gasteiger partial charge in [0, 0.05) is 43.0 Å². The second kappa shape index (κ2) is 5.66. The maximum Gasteiger partial charge on any atom is 0.248 e. The summed E-state index contributed by atoms with van der Waals surface area (Å²) in [6.45, 7) is 6.62. The molecule has 3 rings (SSSR count). The number of carbonyl (C=O) groups is 1. The van der Waals surface area contributed by atoms with Crippen molar-refractivity contribution >= 4 is 11.6 Å². The Morgan fingerprint density at radius 2 is 2.19 bits per heavy atom. The van der Waals surface area contributed by atoms with Crippen LogP contribution in [0.3, 0.4) is 0 Å². The van der Waals surface area contributed by atoms with E-state index < -0.39 is 5.91 Å². The summed E-state index contributed by atoms with van der Waals surface area (Å²) in [4.78, 5) is 16.3. The van der Waals surface area contributed by atoms with Gasteiger partial charge in [0.1, 0.15) is 0 Å². The second-order valence-corrected chi connectivity index (χ2v) is 6.35. The van der Waals surface area contributed by atoms with E-state index in [2.05, 4.69) is 16.7 Å². The van der Waals surface area contributed by atoms with Gasteiger partial charge in [0.25, 0.3) is 0 Å². The summed E-state index contributed by atoms with van der Waals surface area (Å²) in [6, 6.07) is 6.63. The van der Waals surface area contributed by atoms with E-state index in [1.54, 1.807) is 12.1 Å². The molecule has 0 saturated carbocycles. The summed E-state index contributed by atoms with van der Waals surface area (Å²) in [6.07, 6.45) is 2.62. The van der Waals surface area contributed by atoms with Gasteiger partial charge in [-0.25, -0.2) is 0 Å². The van der Waals surface area contributed by atoms with Crippen molar-refractivity contribution in [1.82, 2.24) is 9.80 Å². The number of benzene rings is 1. The van der Waals surface area contributed by atoms with E-state index in [0.717, 1.165) is 25.2 Å². The predicted molar refractivity (Wildman–Crippen MR) is 83.8 cm³/mol. The molecule has 114 valence electrons. The first-order valence-electron chi connectivity index (χ1n) is 7.71. The highest BCUT2D eigenvalue weighted by molar-refractivity contribution is 5.93. The van der Waals surface area contributed by atoms with Crippen LogP contribution < -0.4 is 11.5 Å². The Morgan fingerprint density at radius 3 is 2.90 bits per heavy atom. The van der Waals surface area contributed by atoms with Crippen LogP contribution >= 0.6 is 0 Å². The van der Waals surface area contributed by atoms with Crippen LogP contribution in [0.2, 0.25) is 0 Å². The molecule has 0 radical (unpaired) electrons. The monoisotopic (exact) mass is 288 g/mol.